The van der Waals surface area contributed by atoms with Crippen LogP contribution in [0.2, 0.25) is 0 Å². The minimum atomic E-state index is 0.00742. The van der Waals surface area contributed by atoms with Gasteiger partial charge in [0.2, 0.25) is 5.91 Å². The lowest BCUT2D eigenvalue weighted by atomic mass is 9.97. The summed E-state index contributed by atoms with van der Waals surface area (Å²) in [6, 6.07) is 4.25. The predicted molar refractivity (Wildman–Crippen MR) is 83.2 cm³/mol. The van der Waals surface area contributed by atoms with E-state index in [1.807, 2.05) is 19.2 Å². The van der Waals surface area contributed by atoms with E-state index in [4.69, 9.17) is 12.2 Å². The van der Waals surface area contributed by atoms with Crippen LogP contribution >= 0.6 is 12.2 Å². The van der Waals surface area contributed by atoms with Gasteiger partial charge < -0.3 is 10.2 Å². The van der Waals surface area contributed by atoms with Gasteiger partial charge in [0.05, 0.1) is 6.04 Å². The van der Waals surface area contributed by atoms with E-state index in [0.29, 0.717) is 11.5 Å². The highest BCUT2D eigenvalue weighted by Gasteiger charge is 2.26. The fourth-order valence-electron chi connectivity index (χ4n) is 2.57. The molecule has 108 valence electrons. The minimum absolute atomic E-state index is 0.00742. The van der Waals surface area contributed by atoms with Gasteiger partial charge in [-0.05, 0) is 49.5 Å². The van der Waals surface area contributed by atoms with Gasteiger partial charge in [-0.3, -0.25) is 9.78 Å². The molecule has 1 aliphatic rings. The standard InChI is InChI=1S/C15H21N3OS/c1-2-6-14(19)17-15(20)18-10-4-3-8-13(18)12-7-5-9-16-11-12/h5,7,9,11,13H,2-4,6,8,10H2,1H3,(H,17,19,20)/t13-/m0/s1. The Morgan fingerprint density at radius 3 is 3.10 bits per heavy atom. The zero-order valence-electron chi connectivity index (χ0n) is 11.8. The molecule has 1 atom stereocenters. The number of nitrogens with one attached hydrogen (secondary N) is 1. The summed E-state index contributed by atoms with van der Waals surface area (Å²) < 4.78 is 0. The maximum atomic E-state index is 11.7. The molecule has 0 spiro atoms. The third-order valence-electron chi connectivity index (χ3n) is 3.56. The first kappa shape index (κ1) is 14.9. The van der Waals surface area contributed by atoms with Gasteiger partial charge in [-0.1, -0.05) is 13.0 Å². The molecule has 0 unspecified atom stereocenters. The molecule has 2 rings (SSSR count). The average molecular weight is 291 g/mol. The van der Waals surface area contributed by atoms with Crippen molar-refractivity contribution in [3.8, 4) is 0 Å². The molecule has 0 aliphatic carbocycles. The maximum absolute atomic E-state index is 11.7. The number of piperidine rings is 1. The van der Waals surface area contributed by atoms with Gasteiger partial charge in [-0.2, -0.15) is 0 Å². The second-order valence-electron chi connectivity index (χ2n) is 5.09. The Hall–Kier alpha value is -1.49. The van der Waals surface area contributed by atoms with Crippen LogP contribution in [-0.4, -0.2) is 27.4 Å². The fourth-order valence-corrected chi connectivity index (χ4v) is 2.91. The number of aromatic nitrogens is 1. The molecular formula is C15H21N3OS. The number of hydrogen-bond acceptors (Lipinski definition) is 3. The quantitative estimate of drug-likeness (QED) is 0.870. The van der Waals surface area contributed by atoms with Gasteiger partial charge in [0.1, 0.15) is 0 Å². The van der Waals surface area contributed by atoms with Crippen LogP contribution in [0, 0.1) is 0 Å². The molecular weight excluding hydrogens is 270 g/mol. The molecule has 1 fully saturated rings. The number of carbonyl (C=O) groups excluding carboxylic acids is 1. The number of rotatable bonds is 3. The molecule has 0 bridgehead atoms. The normalized spacial score (nSPS) is 18.6. The third kappa shape index (κ3) is 3.76. The predicted octanol–water partition coefficient (Wildman–Crippen LogP) is 2.81. The second-order valence-corrected chi connectivity index (χ2v) is 5.48. The lowest BCUT2D eigenvalue weighted by molar-refractivity contribution is -0.119. The van der Waals surface area contributed by atoms with Crippen molar-refractivity contribution in [3.05, 3.63) is 30.1 Å². The van der Waals surface area contributed by atoms with E-state index in [-0.39, 0.29) is 11.9 Å². The highest BCUT2D eigenvalue weighted by atomic mass is 32.1. The van der Waals surface area contributed by atoms with Crippen LogP contribution in [0.3, 0.4) is 0 Å². The van der Waals surface area contributed by atoms with Crippen LogP contribution in [0.5, 0.6) is 0 Å². The van der Waals surface area contributed by atoms with Gasteiger partial charge in [0.25, 0.3) is 0 Å². The van der Waals surface area contributed by atoms with Crippen LogP contribution in [0.4, 0.5) is 0 Å². The van der Waals surface area contributed by atoms with Crippen molar-refractivity contribution in [2.24, 2.45) is 0 Å². The Labute approximate surface area is 125 Å². The molecule has 1 aliphatic heterocycles. The molecule has 0 radical (unpaired) electrons. The molecule has 1 aromatic heterocycles. The topological polar surface area (TPSA) is 45.2 Å². The Bertz CT molecular complexity index is 463. The average Bonchev–Trinajstić information content (AvgIpc) is 2.48. The fraction of sp³-hybridized carbons (Fsp3) is 0.533. The Morgan fingerprint density at radius 2 is 2.40 bits per heavy atom. The highest BCUT2D eigenvalue weighted by Crippen LogP contribution is 2.30. The van der Waals surface area contributed by atoms with E-state index < -0.39 is 0 Å². The number of carbonyl (C=O) groups is 1. The summed E-state index contributed by atoms with van der Waals surface area (Å²) in [5.41, 5.74) is 1.17. The Kier molecular flexibility index (Phi) is 5.47. The van der Waals surface area contributed by atoms with Crippen molar-refractivity contribution >= 4 is 23.2 Å². The van der Waals surface area contributed by atoms with Gasteiger partial charge in [0.15, 0.2) is 5.11 Å². The molecule has 1 N–H and O–H groups in total. The summed E-state index contributed by atoms with van der Waals surface area (Å²) in [5.74, 6) is 0.00742. The first-order valence-electron chi connectivity index (χ1n) is 7.22. The van der Waals surface area contributed by atoms with Crippen molar-refractivity contribution in [1.29, 1.82) is 0 Å². The highest BCUT2D eigenvalue weighted by molar-refractivity contribution is 7.80. The maximum Gasteiger partial charge on any atom is 0.226 e. The summed E-state index contributed by atoms with van der Waals surface area (Å²) in [6.45, 7) is 2.88. The smallest absolute Gasteiger partial charge is 0.226 e. The number of amides is 1. The van der Waals surface area contributed by atoms with Crippen molar-refractivity contribution in [2.45, 2.75) is 45.1 Å². The monoisotopic (exact) mass is 291 g/mol. The van der Waals surface area contributed by atoms with Crippen LogP contribution in [0.1, 0.15) is 50.6 Å². The summed E-state index contributed by atoms with van der Waals surface area (Å²) in [5, 5.41) is 3.40. The number of thiocarbonyl (C=S) groups is 1. The van der Waals surface area contributed by atoms with E-state index in [1.165, 1.54) is 12.0 Å². The number of pyridine rings is 1. The number of nitrogens with zero attached hydrogens (tertiary/aromatic N) is 2. The van der Waals surface area contributed by atoms with E-state index in [0.717, 1.165) is 25.8 Å². The SMILES string of the molecule is CCCC(=O)NC(=S)N1CCCC[C@H]1c1cccnc1. The van der Waals surface area contributed by atoms with Crippen molar-refractivity contribution in [3.63, 3.8) is 0 Å². The molecule has 20 heavy (non-hydrogen) atoms. The first-order valence-corrected chi connectivity index (χ1v) is 7.63. The number of hydrogen-bond donors (Lipinski definition) is 1. The van der Waals surface area contributed by atoms with E-state index in [2.05, 4.69) is 21.3 Å². The molecule has 2 heterocycles. The van der Waals surface area contributed by atoms with Gasteiger partial charge >= 0.3 is 0 Å². The Morgan fingerprint density at radius 1 is 1.55 bits per heavy atom. The van der Waals surface area contributed by atoms with Crippen LogP contribution in [0.25, 0.3) is 0 Å². The number of likely N-dealkylation sites (tertiary alicyclic amines) is 1. The van der Waals surface area contributed by atoms with Gasteiger partial charge in [0, 0.05) is 25.4 Å². The molecule has 1 saturated heterocycles. The lowest BCUT2D eigenvalue weighted by Gasteiger charge is -2.37. The minimum Gasteiger partial charge on any atom is -0.342 e. The lowest BCUT2D eigenvalue weighted by Crippen LogP contribution is -2.46. The second kappa shape index (κ2) is 7.33. The zero-order chi connectivity index (χ0) is 14.4. The molecule has 1 amide bonds. The summed E-state index contributed by atoms with van der Waals surface area (Å²) >= 11 is 5.42. The molecule has 5 heteroatoms. The summed E-state index contributed by atoms with van der Waals surface area (Å²) in [7, 11) is 0. The summed E-state index contributed by atoms with van der Waals surface area (Å²) in [4.78, 5) is 18.0. The molecule has 0 aromatic carbocycles. The first-order chi connectivity index (χ1) is 9.72. The van der Waals surface area contributed by atoms with Crippen molar-refractivity contribution < 1.29 is 4.79 Å². The van der Waals surface area contributed by atoms with Crippen LogP contribution < -0.4 is 5.32 Å². The van der Waals surface area contributed by atoms with E-state index >= 15 is 0 Å². The van der Waals surface area contributed by atoms with Gasteiger partial charge in [-0.25, -0.2) is 0 Å². The Balaban J connectivity index is 2.07. The molecule has 4 nitrogen and oxygen atoms in total. The van der Waals surface area contributed by atoms with Crippen molar-refractivity contribution in [1.82, 2.24) is 15.2 Å². The third-order valence-corrected chi connectivity index (χ3v) is 3.89. The van der Waals surface area contributed by atoms with Crippen molar-refractivity contribution in [2.75, 3.05) is 6.54 Å². The zero-order valence-corrected chi connectivity index (χ0v) is 12.7. The molecule has 0 saturated carbocycles. The molecule has 1 aromatic rings. The van der Waals surface area contributed by atoms with E-state index in [1.54, 1.807) is 6.20 Å². The van der Waals surface area contributed by atoms with E-state index in [9.17, 15) is 4.79 Å². The van der Waals surface area contributed by atoms with Crippen LogP contribution in [0.15, 0.2) is 24.5 Å². The van der Waals surface area contributed by atoms with Crippen LogP contribution in [-0.2, 0) is 4.79 Å². The summed E-state index contributed by atoms with van der Waals surface area (Å²) in [6.07, 6.45) is 8.36. The van der Waals surface area contributed by atoms with Gasteiger partial charge in [-0.15, -0.1) is 0 Å². The largest absolute Gasteiger partial charge is 0.342 e.